The summed E-state index contributed by atoms with van der Waals surface area (Å²) in [5.41, 5.74) is 7.86. The number of imidazole rings is 1. The van der Waals surface area contributed by atoms with Gasteiger partial charge in [0.2, 0.25) is 5.91 Å². The Balaban J connectivity index is 1.39. The first-order valence-electron chi connectivity index (χ1n) is 9.01. The molecule has 0 aliphatic heterocycles. The van der Waals surface area contributed by atoms with Gasteiger partial charge in [0.1, 0.15) is 11.6 Å². The van der Waals surface area contributed by atoms with Gasteiger partial charge in [-0.05, 0) is 42.3 Å². The van der Waals surface area contributed by atoms with E-state index in [1.807, 2.05) is 24.3 Å². The van der Waals surface area contributed by atoms with E-state index in [0.29, 0.717) is 12.3 Å². The van der Waals surface area contributed by atoms with Crippen molar-refractivity contribution in [1.82, 2.24) is 15.3 Å². The molecule has 7 heteroatoms. The van der Waals surface area contributed by atoms with E-state index in [0.717, 1.165) is 35.3 Å². The lowest BCUT2D eigenvalue weighted by Gasteiger charge is -2.03. The molecule has 1 aromatic heterocycles. The fourth-order valence-electron chi connectivity index (χ4n) is 2.65. The van der Waals surface area contributed by atoms with Gasteiger partial charge in [-0.25, -0.2) is 4.98 Å². The van der Waals surface area contributed by atoms with Crippen LogP contribution in [0.2, 0.25) is 0 Å². The predicted molar refractivity (Wildman–Crippen MR) is 108 cm³/mol. The van der Waals surface area contributed by atoms with E-state index >= 15 is 0 Å². The lowest BCUT2D eigenvalue weighted by Crippen LogP contribution is -2.22. The molecule has 0 radical (unpaired) electrons. The van der Waals surface area contributed by atoms with Gasteiger partial charge in [0.05, 0.1) is 11.0 Å². The molecule has 0 atom stereocenters. The van der Waals surface area contributed by atoms with Crippen molar-refractivity contribution in [3.8, 4) is 5.75 Å². The van der Waals surface area contributed by atoms with Crippen molar-refractivity contribution in [2.24, 2.45) is 5.73 Å². The van der Waals surface area contributed by atoms with Crippen molar-refractivity contribution in [1.29, 1.82) is 0 Å². The zero-order chi connectivity index (χ0) is 19.8. The molecule has 28 heavy (non-hydrogen) atoms. The smallest absolute Gasteiger partial charge is 0.255 e. The number of rotatable bonds is 9. The molecule has 0 spiro atoms. The van der Waals surface area contributed by atoms with Crippen LogP contribution in [-0.4, -0.2) is 34.9 Å². The highest BCUT2D eigenvalue weighted by molar-refractivity contribution is 5.91. The Hall–Kier alpha value is -3.61. The molecule has 0 saturated carbocycles. The normalized spacial score (nSPS) is 11.0. The summed E-state index contributed by atoms with van der Waals surface area (Å²) in [7, 11) is 0. The molecule has 1 heterocycles. The molecule has 0 fully saturated rings. The first-order chi connectivity index (χ1) is 13.6. The average molecular weight is 378 g/mol. The van der Waals surface area contributed by atoms with Gasteiger partial charge in [0.25, 0.3) is 5.91 Å². The lowest BCUT2D eigenvalue weighted by atomic mass is 10.2. The number of aromatic nitrogens is 2. The molecule has 0 aliphatic carbocycles. The third kappa shape index (κ3) is 5.70. The van der Waals surface area contributed by atoms with Gasteiger partial charge in [-0.2, -0.15) is 0 Å². The minimum Gasteiger partial charge on any atom is -0.484 e. The molecule has 3 rings (SSSR count). The van der Waals surface area contributed by atoms with E-state index in [9.17, 15) is 9.59 Å². The minimum atomic E-state index is -0.527. The van der Waals surface area contributed by atoms with Gasteiger partial charge < -0.3 is 20.8 Å². The number of para-hydroxylation sites is 2. The zero-order valence-corrected chi connectivity index (χ0v) is 15.4. The van der Waals surface area contributed by atoms with E-state index in [1.165, 1.54) is 6.08 Å². The largest absolute Gasteiger partial charge is 0.484 e. The number of benzene rings is 2. The minimum absolute atomic E-state index is 0.154. The number of hydrogen-bond acceptors (Lipinski definition) is 4. The lowest BCUT2D eigenvalue weighted by molar-refractivity contribution is -0.120. The number of aryl methyl sites for hydroxylation is 1. The second-order valence-electron chi connectivity index (χ2n) is 6.25. The van der Waals surface area contributed by atoms with Crippen molar-refractivity contribution < 1.29 is 14.3 Å². The van der Waals surface area contributed by atoms with E-state index < -0.39 is 5.91 Å². The molecule has 144 valence electrons. The molecule has 0 saturated heterocycles. The number of H-pyrrole nitrogens is 1. The summed E-state index contributed by atoms with van der Waals surface area (Å²) >= 11 is 0. The molecule has 0 unspecified atom stereocenters. The van der Waals surface area contributed by atoms with Gasteiger partial charge >= 0.3 is 0 Å². The third-order valence-corrected chi connectivity index (χ3v) is 4.02. The quantitative estimate of drug-likeness (QED) is 0.391. The molecular formula is C21H22N4O3. The molecule has 4 N–H and O–H groups in total. The van der Waals surface area contributed by atoms with Gasteiger partial charge in [-0.15, -0.1) is 0 Å². The first-order valence-corrected chi connectivity index (χ1v) is 9.01. The van der Waals surface area contributed by atoms with E-state index in [2.05, 4.69) is 15.3 Å². The van der Waals surface area contributed by atoms with Crippen LogP contribution >= 0.6 is 0 Å². The molecule has 0 aliphatic rings. The predicted octanol–water partition coefficient (Wildman–Crippen LogP) is 2.19. The number of hydrogen-bond donors (Lipinski definition) is 3. The Morgan fingerprint density at radius 3 is 2.68 bits per heavy atom. The maximum Gasteiger partial charge on any atom is 0.255 e. The molecule has 0 bridgehead atoms. The number of ether oxygens (including phenoxy) is 1. The maximum absolute atomic E-state index is 11.9. The summed E-state index contributed by atoms with van der Waals surface area (Å²) in [5, 5.41) is 2.86. The van der Waals surface area contributed by atoms with Crippen LogP contribution < -0.4 is 15.8 Å². The average Bonchev–Trinajstić information content (AvgIpc) is 3.11. The Labute approximate surface area is 162 Å². The monoisotopic (exact) mass is 378 g/mol. The van der Waals surface area contributed by atoms with Gasteiger partial charge in [-0.3, -0.25) is 9.59 Å². The zero-order valence-electron chi connectivity index (χ0n) is 15.4. The van der Waals surface area contributed by atoms with E-state index in [-0.39, 0.29) is 12.5 Å². The fraction of sp³-hybridized carbons (Fsp3) is 0.190. The summed E-state index contributed by atoms with van der Waals surface area (Å²) in [6.07, 6.45) is 4.77. The number of aromatic amines is 1. The number of nitrogens with two attached hydrogens (primary N) is 1. The number of fused-ring (bicyclic) bond motifs is 1. The third-order valence-electron chi connectivity index (χ3n) is 4.02. The summed E-state index contributed by atoms with van der Waals surface area (Å²) in [6, 6.07) is 14.9. The van der Waals surface area contributed by atoms with Crippen molar-refractivity contribution in [2.45, 2.75) is 12.8 Å². The molecule has 3 aromatic rings. The van der Waals surface area contributed by atoms with Crippen molar-refractivity contribution >= 4 is 28.9 Å². The fourth-order valence-corrected chi connectivity index (χ4v) is 2.65. The van der Waals surface area contributed by atoms with E-state index in [4.69, 9.17) is 10.5 Å². The second-order valence-corrected chi connectivity index (χ2v) is 6.25. The maximum atomic E-state index is 11.9. The summed E-state index contributed by atoms with van der Waals surface area (Å²) in [5.74, 6) is 0.787. The highest BCUT2D eigenvalue weighted by Crippen LogP contribution is 2.13. The highest BCUT2D eigenvalue weighted by atomic mass is 16.5. The van der Waals surface area contributed by atoms with Crippen molar-refractivity contribution in [3.05, 3.63) is 66.0 Å². The molecule has 2 amide bonds. The van der Waals surface area contributed by atoms with Crippen LogP contribution in [0.5, 0.6) is 5.75 Å². The van der Waals surface area contributed by atoms with E-state index in [1.54, 1.807) is 30.3 Å². The van der Waals surface area contributed by atoms with Gasteiger partial charge in [0, 0.05) is 19.0 Å². The number of primary amides is 1. The van der Waals surface area contributed by atoms with Crippen LogP contribution in [-0.2, 0) is 16.0 Å². The second kappa shape index (κ2) is 9.36. The first kappa shape index (κ1) is 19.2. The van der Waals surface area contributed by atoms with Crippen LogP contribution in [0, 0.1) is 0 Å². The van der Waals surface area contributed by atoms with Crippen molar-refractivity contribution in [2.75, 3.05) is 13.2 Å². The van der Waals surface area contributed by atoms with Crippen LogP contribution in [0.4, 0.5) is 0 Å². The Morgan fingerprint density at radius 1 is 1.14 bits per heavy atom. The van der Waals surface area contributed by atoms with Crippen LogP contribution in [0.15, 0.2) is 54.6 Å². The SMILES string of the molecule is NC(=O)COc1ccc(/C=C/C(=O)NCCCc2nc3ccccc3[nH]2)cc1. The Morgan fingerprint density at radius 2 is 1.93 bits per heavy atom. The highest BCUT2D eigenvalue weighted by Gasteiger charge is 2.02. The van der Waals surface area contributed by atoms with Crippen molar-refractivity contribution in [3.63, 3.8) is 0 Å². The van der Waals surface area contributed by atoms with Crippen LogP contribution in [0.25, 0.3) is 17.1 Å². The number of carbonyl (C=O) groups is 2. The summed E-state index contributed by atoms with van der Waals surface area (Å²) < 4.78 is 5.18. The molecule has 2 aromatic carbocycles. The Kier molecular flexibility index (Phi) is 6.41. The number of carbonyl (C=O) groups excluding carboxylic acids is 2. The Bertz CT molecular complexity index is 944. The number of nitrogens with one attached hydrogen (secondary N) is 2. The van der Waals surface area contributed by atoms with Gasteiger partial charge in [0.15, 0.2) is 6.61 Å². The summed E-state index contributed by atoms with van der Waals surface area (Å²) in [6.45, 7) is 0.408. The number of amides is 2. The number of nitrogens with zero attached hydrogens (tertiary/aromatic N) is 1. The topological polar surface area (TPSA) is 110 Å². The molecule has 7 nitrogen and oxygen atoms in total. The van der Waals surface area contributed by atoms with Crippen LogP contribution in [0.1, 0.15) is 17.8 Å². The summed E-state index contributed by atoms with van der Waals surface area (Å²) in [4.78, 5) is 30.4. The van der Waals surface area contributed by atoms with Gasteiger partial charge in [-0.1, -0.05) is 24.3 Å². The van der Waals surface area contributed by atoms with Crippen LogP contribution in [0.3, 0.4) is 0 Å². The molecular weight excluding hydrogens is 356 g/mol. The standard InChI is InChI=1S/C21H22N4O3/c22-19(26)14-28-16-10-7-15(8-11-16)9-12-21(27)23-13-3-6-20-24-17-4-1-2-5-18(17)25-20/h1-2,4-5,7-12H,3,6,13-14H2,(H2,22,26)(H,23,27)(H,24,25)/b12-9+.